The van der Waals surface area contributed by atoms with Gasteiger partial charge in [0.25, 0.3) is 0 Å². The molecule has 0 atom stereocenters. The van der Waals surface area contributed by atoms with Crippen LogP contribution < -0.4 is 5.73 Å². The minimum atomic E-state index is 0.523. The number of rotatable bonds is 3. The molecule has 0 aliphatic rings. The van der Waals surface area contributed by atoms with Gasteiger partial charge in [-0.05, 0) is 12.1 Å². The van der Waals surface area contributed by atoms with Crippen LogP contribution in [0.4, 0.5) is 0 Å². The van der Waals surface area contributed by atoms with Crippen molar-refractivity contribution in [2.24, 2.45) is 12.8 Å². The molecule has 2 N–H and O–H groups in total. The molecular formula is C10H12N4S. The summed E-state index contributed by atoms with van der Waals surface area (Å²) < 4.78 is 2.03. The molecule has 0 amide bonds. The monoisotopic (exact) mass is 220 g/mol. The summed E-state index contributed by atoms with van der Waals surface area (Å²) in [6, 6.07) is 3.90. The van der Waals surface area contributed by atoms with Crippen LogP contribution in [0.2, 0.25) is 0 Å². The zero-order valence-electron chi connectivity index (χ0n) is 8.47. The molecule has 0 bridgehead atoms. The summed E-state index contributed by atoms with van der Waals surface area (Å²) in [5.74, 6) is 0.969. The van der Waals surface area contributed by atoms with Crippen LogP contribution in [0.1, 0.15) is 12.2 Å². The maximum atomic E-state index is 5.46. The molecule has 0 saturated heterocycles. The van der Waals surface area contributed by atoms with Crippen LogP contribution in [0.5, 0.6) is 0 Å². The van der Waals surface area contributed by atoms with Crippen molar-refractivity contribution in [3.05, 3.63) is 24.2 Å². The average molecular weight is 220 g/mol. The molecule has 0 aliphatic heterocycles. The van der Waals surface area contributed by atoms with Gasteiger partial charge < -0.3 is 10.3 Å². The normalized spacial score (nSPS) is 10.7. The van der Waals surface area contributed by atoms with Gasteiger partial charge >= 0.3 is 0 Å². The summed E-state index contributed by atoms with van der Waals surface area (Å²) in [6.45, 7) is 0. The summed E-state index contributed by atoms with van der Waals surface area (Å²) in [6.07, 6.45) is 3.20. The zero-order chi connectivity index (χ0) is 10.8. The first-order valence-corrected chi connectivity index (χ1v) is 5.14. The lowest BCUT2D eigenvalue weighted by molar-refractivity contribution is 0.808. The second kappa shape index (κ2) is 3.94. The first kappa shape index (κ1) is 10.0. The van der Waals surface area contributed by atoms with Gasteiger partial charge in [-0.25, -0.2) is 9.97 Å². The van der Waals surface area contributed by atoms with Crippen molar-refractivity contribution in [3.63, 3.8) is 0 Å². The molecular weight excluding hydrogens is 208 g/mol. The third-order valence-corrected chi connectivity index (χ3v) is 2.55. The fourth-order valence-corrected chi connectivity index (χ4v) is 1.63. The van der Waals surface area contributed by atoms with E-state index in [2.05, 4.69) is 9.97 Å². The maximum absolute atomic E-state index is 5.46. The van der Waals surface area contributed by atoms with E-state index in [0.717, 1.165) is 23.4 Å². The predicted octanol–water partition coefficient (Wildman–Crippen LogP) is 1.19. The molecule has 2 aromatic heterocycles. The molecule has 2 aromatic rings. The first-order chi connectivity index (χ1) is 7.18. The second-order valence-electron chi connectivity index (χ2n) is 3.40. The quantitative estimate of drug-likeness (QED) is 0.789. The average Bonchev–Trinajstić information content (AvgIpc) is 2.54. The zero-order valence-corrected chi connectivity index (χ0v) is 9.29. The van der Waals surface area contributed by atoms with Crippen LogP contribution in [-0.2, 0) is 13.5 Å². The standard InChI is InChI=1S/C10H12N4S/c1-14-7-3-2-6-12-10(7)13-9(14)5-4-8(11)15/h2-3,6H,4-5H2,1H3,(H2,11,15). The summed E-state index contributed by atoms with van der Waals surface area (Å²) in [4.78, 5) is 9.14. The van der Waals surface area contributed by atoms with E-state index in [0.29, 0.717) is 11.4 Å². The number of nitrogens with zero attached hydrogens (tertiary/aromatic N) is 3. The van der Waals surface area contributed by atoms with Crippen molar-refractivity contribution in [3.8, 4) is 0 Å². The molecule has 0 unspecified atom stereocenters. The fourth-order valence-electron chi connectivity index (χ4n) is 1.53. The predicted molar refractivity (Wildman–Crippen MR) is 63.6 cm³/mol. The Labute approximate surface area is 93.1 Å². The van der Waals surface area contributed by atoms with Gasteiger partial charge in [0.05, 0.1) is 10.5 Å². The van der Waals surface area contributed by atoms with Crippen molar-refractivity contribution < 1.29 is 0 Å². The van der Waals surface area contributed by atoms with E-state index in [1.54, 1.807) is 6.20 Å². The van der Waals surface area contributed by atoms with Gasteiger partial charge in [0.2, 0.25) is 0 Å². The second-order valence-corrected chi connectivity index (χ2v) is 3.92. The molecule has 5 heteroatoms. The van der Waals surface area contributed by atoms with Crippen LogP contribution in [0, 0.1) is 0 Å². The first-order valence-electron chi connectivity index (χ1n) is 4.73. The number of thiocarbonyl (C=S) groups is 1. The number of nitrogens with two attached hydrogens (primary N) is 1. The summed E-state index contributed by atoms with van der Waals surface area (Å²) >= 11 is 4.84. The van der Waals surface area contributed by atoms with E-state index in [9.17, 15) is 0 Å². The lowest BCUT2D eigenvalue weighted by atomic mass is 10.3. The highest BCUT2D eigenvalue weighted by atomic mass is 32.1. The Kier molecular flexibility index (Phi) is 2.64. The van der Waals surface area contributed by atoms with Gasteiger partial charge in [0.15, 0.2) is 5.65 Å². The molecule has 78 valence electrons. The number of hydrogen-bond acceptors (Lipinski definition) is 3. The molecule has 2 heterocycles. The largest absolute Gasteiger partial charge is 0.393 e. The van der Waals surface area contributed by atoms with Crippen molar-refractivity contribution in [1.82, 2.24) is 14.5 Å². The van der Waals surface area contributed by atoms with E-state index in [-0.39, 0.29) is 0 Å². The van der Waals surface area contributed by atoms with Gasteiger partial charge in [0, 0.05) is 26.1 Å². The molecule has 0 fully saturated rings. The van der Waals surface area contributed by atoms with E-state index in [1.807, 2.05) is 23.7 Å². The van der Waals surface area contributed by atoms with Gasteiger partial charge in [-0.15, -0.1) is 0 Å². The highest BCUT2D eigenvalue weighted by Crippen LogP contribution is 2.12. The number of aryl methyl sites for hydroxylation is 2. The van der Waals surface area contributed by atoms with Gasteiger partial charge in [0.1, 0.15) is 5.82 Å². The molecule has 4 nitrogen and oxygen atoms in total. The summed E-state index contributed by atoms with van der Waals surface area (Å²) in [5, 5.41) is 0. The summed E-state index contributed by atoms with van der Waals surface area (Å²) in [5.41, 5.74) is 7.28. The molecule has 0 aromatic carbocycles. The van der Waals surface area contributed by atoms with E-state index >= 15 is 0 Å². The molecule has 15 heavy (non-hydrogen) atoms. The van der Waals surface area contributed by atoms with E-state index in [4.69, 9.17) is 18.0 Å². The highest BCUT2D eigenvalue weighted by molar-refractivity contribution is 7.80. The van der Waals surface area contributed by atoms with Crippen LogP contribution in [-0.4, -0.2) is 19.5 Å². The number of hydrogen-bond donors (Lipinski definition) is 1. The van der Waals surface area contributed by atoms with Gasteiger partial charge in [-0.3, -0.25) is 0 Å². The number of pyridine rings is 1. The molecule has 0 radical (unpaired) electrons. The van der Waals surface area contributed by atoms with Crippen molar-refractivity contribution in [2.45, 2.75) is 12.8 Å². The third-order valence-electron chi connectivity index (χ3n) is 2.34. The highest BCUT2D eigenvalue weighted by Gasteiger charge is 2.07. The Hall–Kier alpha value is -1.49. The smallest absolute Gasteiger partial charge is 0.177 e. The third kappa shape index (κ3) is 1.97. The minimum absolute atomic E-state index is 0.523. The Morgan fingerprint density at radius 2 is 2.40 bits per heavy atom. The van der Waals surface area contributed by atoms with Crippen molar-refractivity contribution in [1.29, 1.82) is 0 Å². The van der Waals surface area contributed by atoms with Crippen LogP contribution in [0.15, 0.2) is 18.3 Å². The molecule has 2 rings (SSSR count). The number of imidazole rings is 1. The fraction of sp³-hybridized carbons (Fsp3) is 0.300. The Morgan fingerprint density at radius 1 is 1.60 bits per heavy atom. The Morgan fingerprint density at radius 3 is 3.07 bits per heavy atom. The number of fused-ring (bicyclic) bond motifs is 1. The maximum Gasteiger partial charge on any atom is 0.177 e. The van der Waals surface area contributed by atoms with Crippen LogP contribution in [0.3, 0.4) is 0 Å². The lowest BCUT2D eigenvalue weighted by Crippen LogP contribution is -2.10. The van der Waals surface area contributed by atoms with E-state index in [1.165, 1.54) is 0 Å². The number of aromatic nitrogens is 3. The minimum Gasteiger partial charge on any atom is -0.393 e. The SMILES string of the molecule is Cn1c(CCC(N)=S)nc2ncccc21. The molecule has 0 saturated carbocycles. The van der Waals surface area contributed by atoms with Crippen molar-refractivity contribution >= 4 is 28.4 Å². The van der Waals surface area contributed by atoms with Gasteiger partial charge in [-0.2, -0.15) is 0 Å². The van der Waals surface area contributed by atoms with E-state index < -0.39 is 0 Å². The van der Waals surface area contributed by atoms with Crippen molar-refractivity contribution in [2.75, 3.05) is 0 Å². The summed E-state index contributed by atoms with van der Waals surface area (Å²) in [7, 11) is 1.98. The van der Waals surface area contributed by atoms with Crippen LogP contribution >= 0.6 is 12.2 Å². The Balaban J connectivity index is 2.36. The molecule has 0 spiro atoms. The topological polar surface area (TPSA) is 56.7 Å². The lowest BCUT2D eigenvalue weighted by Gasteiger charge is -2.00. The van der Waals surface area contributed by atoms with Crippen LogP contribution in [0.25, 0.3) is 11.2 Å². The van der Waals surface area contributed by atoms with Gasteiger partial charge in [-0.1, -0.05) is 12.2 Å². The molecule has 0 aliphatic carbocycles. The Bertz CT molecular complexity index is 503.